The standard InChI is InChI=1S/C30H26N4O2S/c1-36-23-12-9-21(10-13-23)17-19-32-30(35)26-7-2-3-8-29(26)37-24-14-15-25-27(33-34-28(25)20-24)16-11-22-6-4-5-18-31-22/h2-16,18,20H,17,19H2,1H3,(H,32,35)(H,33,34)/b16-11+. The van der Waals surface area contributed by atoms with Crippen LogP contribution in [0.2, 0.25) is 0 Å². The van der Waals surface area contributed by atoms with Gasteiger partial charge in [0.2, 0.25) is 0 Å². The van der Waals surface area contributed by atoms with E-state index in [0.717, 1.165) is 49.8 Å². The third-order valence-corrected chi connectivity index (χ3v) is 6.95. The third-order valence-electron chi connectivity index (χ3n) is 5.88. The van der Waals surface area contributed by atoms with E-state index >= 15 is 0 Å². The average molecular weight is 507 g/mol. The number of H-pyrrole nitrogens is 1. The molecule has 0 aliphatic carbocycles. The number of aromatic nitrogens is 3. The fourth-order valence-electron chi connectivity index (χ4n) is 3.93. The van der Waals surface area contributed by atoms with Gasteiger partial charge in [-0.15, -0.1) is 0 Å². The zero-order valence-electron chi connectivity index (χ0n) is 20.3. The van der Waals surface area contributed by atoms with Crippen LogP contribution in [-0.4, -0.2) is 34.7 Å². The molecule has 184 valence electrons. The highest BCUT2D eigenvalue weighted by Gasteiger charge is 2.13. The van der Waals surface area contributed by atoms with Crippen LogP contribution in [0.25, 0.3) is 23.1 Å². The number of fused-ring (bicyclic) bond motifs is 1. The van der Waals surface area contributed by atoms with Gasteiger partial charge in [-0.05, 0) is 78.7 Å². The Kier molecular flexibility index (Phi) is 7.62. The van der Waals surface area contributed by atoms with Crippen LogP contribution in [0.5, 0.6) is 5.75 Å². The first-order valence-electron chi connectivity index (χ1n) is 11.9. The lowest BCUT2D eigenvalue weighted by Crippen LogP contribution is -2.26. The molecule has 0 spiro atoms. The van der Waals surface area contributed by atoms with Crippen LogP contribution in [0.1, 0.15) is 27.3 Å². The number of pyridine rings is 1. The maximum atomic E-state index is 13.0. The van der Waals surface area contributed by atoms with E-state index in [0.29, 0.717) is 12.1 Å². The molecule has 0 unspecified atom stereocenters. The summed E-state index contributed by atoms with van der Waals surface area (Å²) in [6, 6.07) is 27.5. The first-order chi connectivity index (χ1) is 18.2. The molecule has 0 atom stereocenters. The topological polar surface area (TPSA) is 79.9 Å². The number of nitrogens with one attached hydrogen (secondary N) is 2. The van der Waals surface area contributed by atoms with Gasteiger partial charge < -0.3 is 10.1 Å². The van der Waals surface area contributed by atoms with Crippen molar-refractivity contribution in [3.05, 3.63) is 114 Å². The third kappa shape index (κ3) is 6.08. The van der Waals surface area contributed by atoms with Crippen LogP contribution < -0.4 is 10.1 Å². The van der Waals surface area contributed by atoms with Gasteiger partial charge in [-0.1, -0.05) is 42.1 Å². The maximum absolute atomic E-state index is 13.0. The minimum absolute atomic E-state index is 0.0822. The van der Waals surface area contributed by atoms with E-state index in [9.17, 15) is 4.79 Å². The number of aromatic amines is 1. The van der Waals surface area contributed by atoms with Crippen LogP contribution >= 0.6 is 11.8 Å². The van der Waals surface area contributed by atoms with E-state index < -0.39 is 0 Å². The minimum atomic E-state index is -0.0822. The molecule has 0 fully saturated rings. The molecule has 2 aromatic heterocycles. The highest BCUT2D eigenvalue weighted by atomic mass is 32.2. The zero-order chi connectivity index (χ0) is 25.5. The summed E-state index contributed by atoms with van der Waals surface area (Å²) in [6.07, 6.45) is 6.42. The van der Waals surface area contributed by atoms with Gasteiger partial charge in [-0.3, -0.25) is 14.9 Å². The fourth-order valence-corrected chi connectivity index (χ4v) is 4.91. The van der Waals surface area contributed by atoms with E-state index in [1.807, 2.05) is 78.9 Å². The summed E-state index contributed by atoms with van der Waals surface area (Å²) >= 11 is 1.56. The Morgan fingerprint density at radius 3 is 2.65 bits per heavy atom. The van der Waals surface area contributed by atoms with Crippen LogP contribution in [0.3, 0.4) is 0 Å². The quantitative estimate of drug-likeness (QED) is 0.247. The van der Waals surface area contributed by atoms with Gasteiger partial charge >= 0.3 is 0 Å². The number of benzene rings is 3. The summed E-state index contributed by atoms with van der Waals surface area (Å²) in [4.78, 5) is 19.2. The molecular formula is C30H26N4O2S. The molecular weight excluding hydrogens is 480 g/mol. The molecule has 0 bridgehead atoms. The van der Waals surface area contributed by atoms with Gasteiger partial charge in [0.25, 0.3) is 5.91 Å². The number of amides is 1. The molecule has 0 saturated carbocycles. The Labute approximate surface area is 219 Å². The lowest BCUT2D eigenvalue weighted by molar-refractivity contribution is 0.0951. The second kappa shape index (κ2) is 11.6. The van der Waals surface area contributed by atoms with E-state index in [-0.39, 0.29) is 5.91 Å². The number of methoxy groups -OCH3 is 1. The van der Waals surface area contributed by atoms with Crippen molar-refractivity contribution in [1.29, 1.82) is 0 Å². The zero-order valence-corrected chi connectivity index (χ0v) is 21.2. The molecule has 2 heterocycles. The fraction of sp³-hybridized carbons (Fsp3) is 0.100. The number of hydrogen-bond acceptors (Lipinski definition) is 5. The van der Waals surface area contributed by atoms with Gasteiger partial charge in [0.05, 0.1) is 29.6 Å². The molecule has 0 aliphatic rings. The largest absolute Gasteiger partial charge is 0.497 e. The SMILES string of the molecule is COc1ccc(CCNC(=O)c2ccccc2Sc2ccc3c(/C=C/c4ccccn4)n[nH]c3c2)cc1. The molecule has 1 amide bonds. The average Bonchev–Trinajstić information content (AvgIpc) is 3.35. The summed E-state index contributed by atoms with van der Waals surface area (Å²) in [7, 11) is 1.65. The molecule has 5 aromatic rings. The Balaban J connectivity index is 1.25. The molecule has 5 rings (SSSR count). The summed E-state index contributed by atoms with van der Waals surface area (Å²) in [5.41, 5.74) is 4.47. The summed E-state index contributed by atoms with van der Waals surface area (Å²) in [5, 5.41) is 11.6. The molecule has 6 nitrogen and oxygen atoms in total. The second-order valence-corrected chi connectivity index (χ2v) is 9.47. The predicted molar refractivity (Wildman–Crippen MR) is 149 cm³/mol. The summed E-state index contributed by atoms with van der Waals surface area (Å²) in [5.74, 6) is 0.741. The van der Waals surface area contributed by atoms with Gasteiger partial charge in [-0.2, -0.15) is 5.10 Å². The van der Waals surface area contributed by atoms with Crippen LogP contribution in [-0.2, 0) is 6.42 Å². The van der Waals surface area contributed by atoms with Gasteiger partial charge in [0.1, 0.15) is 5.75 Å². The van der Waals surface area contributed by atoms with Crippen molar-refractivity contribution in [3.63, 3.8) is 0 Å². The Morgan fingerprint density at radius 2 is 1.84 bits per heavy atom. The molecule has 3 aromatic carbocycles. The smallest absolute Gasteiger partial charge is 0.252 e. The normalized spacial score (nSPS) is 11.2. The lowest BCUT2D eigenvalue weighted by atomic mass is 10.1. The Bertz CT molecular complexity index is 1530. The van der Waals surface area contributed by atoms with Crippen molar-refractivity contribution in [3.8, 4) is 5.75 Å². The second-order valence-electron chi connectivity index (χ2n) is 8.36. The highest BCUT2D eigenvalue weighted by Crippen LogP contribution is 2.33. The molecule has 37 heavy (non-hydrogen) atoms. The minimum Gasteiger partial charge on any atom is -0.497 e. The van der Waals surface area contributed by atoms with E-state index in [4.69, 9.17) is 4.74 Å². The number of nitrogens with zero attached hydrogens (tertiary/aromatic N) is 2. The number of ether oxygens (including phenoxy) is 1. The van der Waals surface area contributed by atoms with Crippen molar-refractivity contribution in [2.75, 3.05) is 13.7 Å². The van der Waals surface area contributed by atoms with Crippen LogP contribution in [0.15, 0.2) is 101 Å². The predicted octanol–water partition coefficient (Wildman–Crippen LogP) is 6.26. The first kappa shape index (κ1) is 24.3. The van der Waals surface area contributed by atoms with Gasteiger partial charge in [0.15, 0.2) is 0 Å². The maximum Gasteiger partial charge on any atom is 0.252 e. The molecule has 2 N–H and O–H groups in total. The van der Waals surface area contributed by atoms with Crippen molar-refractivity contribution in [1.82, 2.24) is 20.5 Å². The number of carbonyl (C=O) groups excluding carboxylic acids is 1. The van der Waals surface area contributed by atoms with Crippen molar-refractivity contribution in [2.45, 2.75) is 16.2 Å². The molecule has 7 heteroatoms. The highest BCUT2D eigenvalue weighted by molar-refractivity contribution is 7.99. The Hall–Kier alpha value is -4.36. The van der Waals surface area contributed by atoms with E-state index in [2.05, 4.69) is 38.7 Å². The number of hydrogen-bond donors (Lipinski definition) is 2. The van der Waals surface area contributed by atoms with Gasteiger partial charge in [-0.25, -0.2) is 0 Å². The van der Waals surface area contributed by atoms with Crippen LogP contribution in [0, 0.1) is 0 Å². The number of rotatable bonds is 9. The van der Waals surface area contributed by atoms with Crippen LogP contribution in [0.4, 0.5) is 0 Å². The van der Waals surface area contributed by atoms with Crippen molar-refractivity contribution >= 4 is 40.7 Å². The van der Waals surface area contributed by atoms with Gasteiger partial charge in [0, 0.05) is 27.9 Å². The van der Waals surface area contributed by atoms with Crippen molar-refractivity contribution < 1.29 is 9.53 Å². The lowest BCUT2D eigenvalue weighted by Gasteiger charge is -2.10. The van der Waals surface area contributed by atoms with Crippen molar-refractivity contribution in [2.24, 2.45) is 0 Å². The monoisotopic (exact) mass is 506 g/mol. The first-order valence-corrected chi connectivity index (χ1v) is 12.8. The molecule has 0 saturated heterocycles. The van der Waals surface area contributed by atoms with E-state index in [1.165, 1.54) is 0 Å². The number of carbonyl (C=O) groups is 1. The van der Waals surface area contributed by atoms with E-state index in [1.54, 1.807) is 25.1 Å². The molecule has 0 aliphatic heterocycles. The summed E-state index contributed by atoms with van der Waals surface area (Å²) in [6.45, 7) is 0.555. The summed E-state index contributed by atoms with van der Waals surface area (Å²) < 4.78 is 5.20. The molecule has 0 radical (unpaired) electrons. The Morgan fingerprint density at radius 1 is 1.00 bits per heavy atom.